The SMILES string of the molecule is CCN1CCN(Cc2ccc(Nc3cc(C#Cc4cnc5[nH]ncc5c4)ccn3)cc2C(F)(F)F)CC1.NC=O. The highest BCUT2D eigenvalue weighted by Gasteiger charge is 2.34. The molecule has 3 aromatic heterocycles. The van der Waals surface area contributed by atoms with E-state index < -0.39 is 11.7 Å². The highest BCUT2D eigenvalue weighted by molar-refractivity contribution is 5.75. The Bertz CT molecular complexity index is 1500. The van der Waals surface area contributed by atoms with Crippen molar-refractivity contribution in [2.45, 2.75) is 19.6 Å². The number of pyridine rings is 2. The van der Waals surface area contributed by atoms with Gasteiger partial charge in [0.05, 0.1) is 11.8 Å². The number of amides is 1. The van der Waals surface area contributed by atoms with Crippen molar-refractivity contribution in [2.75, 3.05) is 38.0 Å². The first-order chi connectivity index (χ1) is 19.3. The number of rotatable bonds is 5. The number of carbonyl (C=O) groups excluding carboxylic acids is 1. The summed E-state index contributed by atoms with van der Waals surface area (Å²) >= 11 is 0. The first-order valence-corrected chi connectivity index (χ1v) is 12.6. The van der Waals surface area contributed by atoms with E-state index in [1.807, 2.05) is 6.07 Å². The van der Waals surface area contributed by atoms with Crippen molar-refractivity contribution in [3.8, 4) is 11.8 Å². The number of nitrogens with zero attached hydrogens (tertiary/aromatic N) is 5. The van der Waals surface area contributed by atoms with Crippen molar-refractivity contribution in [2.24, 2.45) is 5.73 Å². The second kappa shape index (κ2) is 13.1. The molecule has 1 saturated heterocycles. The number of likely N-dealkylation sites (N-methyl/N-ethyl adjacent to an activating group) is 1. The first kappa shape index (κ1) is 28.5. The van der Waals surface area contributed by atoms with Gasteiger partial charge in [0.1, 0.15) is 5.82 Å². The van der Waals surface area contributed by atoms with Crippen LogP contribution in [0.25, 0.3) is 11.0 Å². The van der Waals surface area contributed by atoms with Crippen LogP contribution in [0.3, 0.4) is 0 Å². The molecule has 12 heteroatoms. The standard InChI is InChI=1S/C27H26F3N7.CH3NO/c1-2-36-9-11-37(12-10-36)18-21-5-6-23(15-24(21)27(28,29)30)34-25-14-19(7-8-31-25)3-4-20-13-22-17-33-35-26(22)32-16-20;2-1-3/h5-8,13-17H,2,9-12,18H2,1H3,(H,31,34)(H,32,33,35);1H,(H2,2,3). The number of nitrogens with one attached hydrogen (secondary N) is 2. The normalized spacial score (nSPS) is 14.1. The summed E-state index contributed by atoms with van der Waals surface area (Å²) in [7, 11) is 0. The molecular formula is C28H29F3N8O. The third kappa shape index (κ3) is 7.56. The Hall–Kier alpha value is -4.47. The Morgan fingerprint density at radius 3 is 2.48 bits per heavy atom. The van der Waals surface area contributed by atoms with E-state index in [9.17, 15) is 13.2 Å². The summed E-state index contributed by atoms with van der Waals surface area (Å²) in [6.45, 7) is 6.59. The zero-order valence-electron chi connectivity index (χ0n) is 21.9. The number of aromatic amines is 1. The number of halogens is 3. The van der Waals surface area contributed by atoms with E-state index in [0.29, 0.717) is 22.7 Å². The van der Waals surface area contributed by atoms with Gasteiger partial charge in [0, 0.05) is 67.3 Å². The molecule has 4 aromatic rings. The number of H-pyrrole nitrogens is 1. The molecule has 0 spiro atoms. The summed E-state index contributed by atoms with van der Waals surface area (Å²) in [6.07, 6.45) is 0.689. The van der Waals surface area contributed by atoms with E-state index in [1.165, 1.54) is 0 Å². The second-order valence-corrected chi connectivity index (χ2v) is 9.05. The van der Waals surface area contributed by atoms with Gasteiger partial charge in [-0.1, -0.05) is 24.8 Å². The number of nitrogens with two attached hydrogens (primary N) is 1. The Kier molecular flexibility index (Phi) is 9.31. The maximum atomic E-state index is 13.9. The van der Waals surface area contributed by atoms with Crippen molar-refractivity contribution in [1.82, 2.24) is 30.0 Å². The topological polar surface area (TPSA) is 116 Å². The summed E-state index contributed by atoms with van der Waals surface area (Å²) in [5.74, 6) is 6.51. The third-order valence-corrected chi connectivity index (χ3v) is 6.40. The number of carbonyl (C=O) groups is 1. The highest BCUT2D eigenvalue weighted by Crippen LogP contribution is 2.35. The molecule has 9 nitrogen and oxygen atoms in total. The van der Waals surface area contributed by atoms with Crippen molar-refractivity contribution >= 4 is 28.9 Å². The van der Waals surface area contributed by atoms with Gasteiger partial charge in [-0.25, -0.2) is 9.97 Å². The summed E-state index contributed by atoms with van der Waals surface area (Å²) in [5.41, 5.74) is 6.21. The third-order valence-electron chi connectivity index (χ3n) is 6.40. The number of fused-ring (bicyclic) bond motifs is 1. The van der Waals surface area contributed by atoms with Crippen LogP contribution >= 0.6 is 0 Å². The fraction of sp³-hybridized carbons (Fsp3) is 0.286. The molecule has 0 atom stereocenters. The van der Waals surface area contributed by atoms with Gasteiger partial charge in [-0.2, -0.15) is 18.3 Å². The minimum absolute atomic E-state index is 0.250. The number of aromatic nitrogens is 4. The highest BCUT2D eigenvalue weighted by atomic mass is 19.4. The lowest BCUT2D eigenvalue weighted by atomic mass is 10.0. The molecule has 40 heavy (non-hydrogen) atoms. The van der Waals surface area contributed by atoms with E-state index in [4.69, 9.17) is 4.79 Å². The van der Waals surface area contributed by atoms with Crippen LogP contribution in [0.5, 0.6) is 0 Å². The molecule has 4 N–H and O–H groups in total. The quantitative estimate of drug-likeness (QED) is 0.256. The van der Waals surface area contributed by atoms with Crippen LogP contribution in [0.2, 0.25) is 0 Å². The average Bonchev–Trinajstić information content (AvgIpc) is 3.41. The molecule has 0 saturated carbocycles. The molecule has 1 fully saturated rings. The molecule has 5 rings (SSSR count). The molecule has 1 amide bonds. The summed E-state index contributed by atoms with van der Waals surface area (Å²) in [5, 5.41) is 10.6. The van der Waals surface area contributed by atoms with Crippen LogP contribution in [0, 0.1) is 11.8 Å². The molecule has 0 radical (unpaired) electrons. The summed E-state index contributed by atoms with van der Waals surface area (Å²) < 4.78 is 41.8. The largest absolute Gasteiger partial charge is 0.416 e. The number of primary amides is 1. The van der Waals surface area contributed by atoms with Crippen LogP contribution < -0.4 is 11.1 Å². The van der Waals surface area contributed by atoms with E-state index in [1.54, 1.807) is 42.9 Å². The van der Waals surface area contributed by atoms with Gasteiger partial charge in [0.15, 0.2) is 5.65 Å². The molecule has 0 unspecified atom stereocenters. The Labute approximate surface area is 229 Å². The molecule has 4 heterocycles. The van der Waals surface area contributed by atoms with Crippen LogP contribution in [-0.4, -0.2) is 69.1 Å². The molecule has 1 aliphatic heterocycles. The number of benzene rings is 1. The number of hydrogen-bond donors (Lipinski definition) is 3. The average molecular weight is 551 g/mol. The Morgan fingerprint density at radius 1 is 1.02 bits per heavy atom. The monoisotopic (exact) mass is 550 g/mol. The van der Waals surface area contributed by atoms with Gasteiger partial charge >= 0.3 is 6.18 Å². The number of alkyl halides is 3. The Balaban J connectivity index is 0.00000118. The van der Waals surface area contributed by atoms with Crippen LogP contribution in [0.1, 0.15) is 29.2 Å². The van der Waals surface area contributed by atoms with Gasteiger partial charge in [0.25, 0.3) is 0 Å². The summed E-state index contributed by atoms with van der Waals surface area (Å²) in [6, 6.07) is 9.70. The molecule has 208 valence electrons. The Morgan fingerprint density at radius 2 is 1.75 bits per heavy atom. The maximum Gasteiger partial charge on any atom is 0.416 e. The molecular weight excluding hydrogens is 521 g/mol. The minimum atomic E-state index is -4.46. The van der Waals surface area contributed by atoms with Crippen molar-refractivity contribution in [1.29, 1.82) is 0 Å². The fourth-order valence-corrected chi connectivity index (χ4v) is 4.33. The lowest BCUT2D eigenvalue weighted by Crippen LogP contribution is -2.45. The predicted molar refractivity (Wildman–Crippen MR) is 146 cm³/mol. The number of hydrogen-bond acceptors (Lipinski definition) is 7. The zero-order chi connectivity index (χ0) is 28.5. The van der Waals surface area contributed by atoms with E-state index in [0.717, 1.165) is 49.7 Å². The predicted octanol–water partition coefficient (Wildman–Crippen LogP) is 3.75. The maximum absolute atomic E-state index is 13.9. The van der Waals surface area contributed by atoms with Gasteiger partial charge in [-0.3, -0.25) is 14.8 Å². The first-order valence-electron chi connectivity index (χ1n) is 12.6. The lowest BCUT2D eigenvalue weighted by molar-refractivity contribution is -0.138. The number of anilines is 2. The number of piperazine rings is 1. The molecule has 1 aliphatic rings. The molecule has 1 aromatic carbocycles. The van der Waals surface area contributed by atoms with Crippen LogP contribution in [0.4, 0.5) is 24.7 Å². The molecule has 0 bridgehead atoms. The van der Waals surface area contributed by atoms with Gasteiger partial charge in [-0.15, -0.1) is 0 Å². The van der Waals surface area contributed by atoms with E-state index in [2.05, 4.69) is 59.8 Å². The van der Waals surface area contributed by atoms with Gasteiger partial charge in [0.2, 0.25) is 6.41 Å². The second-order valence-electron chi connectivity index (χ2n) is 9.05. The van der Waals surface area contributed by atoms with Gasteiger partial charge < -0.3 is 16.0 Å². The van der Waals surface area contributed by atoms with Crippen molar-refractivity contribution in [3.05, 3.63) is 77.2 Å². The zero-order valence-corrected chi connectivity index (χ0v) is 21.9. The van der Waals surface area contributed by atoms with Gasteiger partial charge in [-0.05, 0) is 42.4 Å². The summed E-state index contributed by atoms with van der Waals surface area (Å²) in [4.78, 5) is 21.5. The fourth-order valence-electron chi connectivity index (χ4n) is 4.33. The van der Waals surface area contributed by atoms with Crippen LogP contribution in [-0.2, 0) is 17.5 Å². The minimum Gasteiger partial charge on any atom is -0.372 e. The lowest BCUT2D eigenvalue weighted by Gasteiger charge is -2.34. The van der Waals surface area contributed by atoms with Crippen molar-refractivity contribution in [3.63, 3.8) is 0 Å². The van der Waals surface area contributed by atoms with E-state index in [-0.39, 0.29) is 18.5 Å². The van der Waals surface area contributed by atoms with Crippen molar-refractivity contribution < 1.29 is 18.0 Å². The molecule has 0 aliphatic carbocycles. The van der Waals surface area contributed by atoms with E-state index >= 15 is 0 Å². The van der Waals surface area contributed by atoms with Crippen LogP contribution in [0.15, 0.2) is 55.0 Å². The smallest absolute Gasteiger partial charge is 0.372 e.